The average Bonchev–Trinajstić information content (AvgIpc) is 2.97. The summed E-state index contributed by atoms with van der Waals surface area (Å²) in [5.74, 6) is -0.0883. The van der Waals surface area contributed by atoms with Gasteiger partial charge in [-0.25, -0.2) is 4.98 Å². The fourth-order valence-electron chi connectivity index (χ4n) is 4.64. The summed E-state index contributed by atoms with van der Waals surface area (Å²) in [6.45, 7) is 5.01. The number of fused-ring (bicyclic) bond motifs is 1. The number of carbonyl (C=O) groups excluding carboxylic acids is 2. The van der Waals surface area contributed by atoms with E-state index >= 15 is 0 Å². The number of hydrogen-bond donors (Lipinski definition) is 1. The summed E-state index contributed by atoms with van der Waals surface area (Å²) < 4.78 is 1.53. The Kier molecular flexibility index (Phi) is 8.27. The van der Waals surface area contributed by atoms with E-state index in [-0.39, 0.29) is 36.1 Å². The molecule has 0 bridgehead atoms. The Morgan fingerprint density at radius 2 is 1.59 bits per heavy atom. The van der Waals surface area contributed by atoms with Gasteiger partial charge < -0.3 is 15.1 Å². The van der Waals surface area contributed by atoms with Crippen molar-refractivity contribution < 1.29 is 9.59 Å². The van der Waals surface area contributed by atoms with Crippen molar-refractivity contribution in [3.8, 4) is 0 Å². The van der Waals surface area contributed by atoms with Crippen LogP contribution in [0.15, 0.2) is 88.8 Å². The van der Waals surface area contributed by atoms with Crippen molar-refractivity contribution in [2.45, 2.75) is 25.0 Å². The fourth-order valence-corrected chi connectivity index (χ4v) is 5.46. The van der Waals surface area contributed by atoms with Gasteiger partial charge in [0.05, 0.1) is 16.7 Å². The zero-order valence-corrected chi connectivity index (χ0v) is 22.7. The second kappa shape index (κ2) is 12.2. The molecule has 1 aliphatic heterocycles. The molecule has 3 aromatic carbocycles. The highest BCUT2D eigenvalue weighted by Gasteiger charge is 2.22. The fraction of sp³-hybridized carbons (Fsp3) is 0.267. The van der Waals surface area contributed by atoms with E-state index in [0.29, 0.717) is 34.8 Å². The molecule has 2 heterocycles. The quantitative estimate of drug-likeness (QED) is 0.266. The van der Waals surface area contributed by atoms with E-state index in [0.717, 1.165) is 24.3 Å². The molecule has 1 fully saturated rings. The lowest BCUT2D eigenvalue weighted by atomic mass is 10.2. The first kappa shape index (κ1) is 26.5. The number of piperazine rings is 1. The van der Waals surface area contributed by atoms with Gasteiger partial charge in [-0.15, -0.1) is 0 Å². The van der Waals surface area contributed by atoms with E-state index in [9.17, 15) is 14.4 Å². The van der Waals surface area contributed by atoms with Gasteiger partial charge in [-0.2, -0.15) is 0 Å². The molecule has 1 aromatic heterocycles. The Labute approximate surface area is 231 Å². The van der Waals surface area contributed by atoms with Crippen LogP contribution in [-0.4, -0.2) is 58.2 Å². The predicted octanol–water partition coefficient (Wildman–Crippen LogP) is 4.17. The molecule has 0 unspecified atom stereocenters. The largest absolute Gasteiger partial charge is 0.368 e. The van der Waals surface area contributed by atoms with Crippen LogP contribution in [0.25, 0.3) is 10.9 Å². The Morgan fingerprint density at radius 3 is 2.33 bits per heavy atom. The molecule has 8 nitrogen and oxygen atoms in total. The molecule has 9 heteroatoms. The van der Waals surface area contributed by atoms with Gasteiger partial charge in [0.1, 0.15) is 0 Å². The van der Waals surface area contributed by atoms with Gasteiger partial charge >= 0.3 is 0 Å². The van der Waals surface area contributed by atoms with Crippen molar-refractivity contribution in [1.29, 1.82) is 0 Å². The van der Waals surface area contributed by atoms with Crippen molar-refractivity contribution in [2.75, 3.05) is 42.1 Å². The van der Waals surface area contributed by atoms with Crippen LogP contribution in [0.1, 0.15) is 12.0 Å². The van der Waals surface area contributed by atoms with E-state index in [1.165, 1.54) is 16.3 Å². The minimum atomic E-state index is -0.205. The minimum absolute atomic E-state index is 0.0100. The minimum Gasteiger partial charge on any atom is -0.368 e. The maximum atomic E-state index is 13.4. The molecule has 1 aliphatic rings. The van der Waals surface area contributed by atoms with Gasteiger partial charge in [-0.3, -0.25) is 19.0 Å². The monoisotopic (exact) mass is 541 g/mol. The smallest absolute Gasteiger partial charge is 0.262 e. The van der Waals surface area contributed by atoms with Crippen molar-refractivity contribution >= 4 is 45.9 Å². The van der Waals surface area contributed by atoms with Gasteiger partial charge in [0, 0.05) is 50.5 Å². The molecule has 1 N–H and O–H groups in total. The SMILES string of the molecule is Cc1ccc(NC(=O)CSc2nc3ccccc3c(=O)n2CCC(=O)N2CCN(c3ccccc3)CC2)cc1. The Balaban J connectivity index is 1.25. The van der Waals surface area contributed by atoms with Crippen LogP contribution < -0.4 is 15.8 Å². The van der Waals surface area contributed by atoms with Crippen LogP contribution in [-0.2, 0) is 16.1 Å². The van der Waals surface area contributed by atoms with E-state index in [2.05, 4.69) is 27.3 Å². The first-order valence-corrected chi connectivity index (χ1v) is 14.0. The summed E-state index contributed by atoms with van der Waals surface area (Å²) in [4.78, 5) is 47.9. The highest BCUT2D eigenvalue weighted by atomic mass is 32.2. The van der Waals surface area contributed by atoms with Crippen molar-refractivity contribution in [1.82, 2.24) is 14.5 Å². The number of benzene rings is 3. The molecular formula is C30H31N5O3S. The molecule has 0 spiro atoms. The molecule has 200 valence electrons. The van der Waals surface area contributed by atoms with Crippen molar-refractivity contribution in [3.05, 3.63) is 94.8 Å². The van der Waals surface area contributed by atoms with E-state index in [4.69, 9.17) is 0 Å². The summed E-state index contributed by atoms with van der Waals surface area (Å²) in [7, 11) is 0. The van der Waals surface area contributed by atoms with E-state index in [1.54, 1.807) is 18.2 Å². The number of amides is 2. The van der Waals surface area contributed by atoms with E-state index in [1.807, 2.05) is 60.4 Å². The van der Waals surface area contributed by atoms with Gasteiger partial charge in [-0.1, -0.05) is 59.8 Å². The summed E-state index contributed by atoms with van der Waals surface area (Å²) in [5.41, 5.74) is 3.35. The number of para-hydroxylation sites is 2. The lowest BCUT2D eigenvalue weighted by Gasteiger charge is -2.36. The average molecular weight is 542 g/mol. The number of rotatable bonds is 8. The van der Waals surface area contributed by atoms with Crippen LogP contribution in [0.3, 0.4) is 0 Å². The summed E-state index contributed by atoms with van der Waals surface area (Å²) in [6.07, 6.45) is 0.189. The number of aromatic nitrogens is 2. The Morgan fingerprint density at radius 1 is 0.897 bits per heavy atom. The zero-order chi connectivity index (χ0) is 27.2. The molecule has 0 saturated carbocycles. The normalized spacial score (nSPS) is 13.5. The predicted molar refractivity (Wildman–Crippen MR) is 156 cm³/mol. The molecule has 2 amide bonds. The number of hydrogen-bond acceptors (Lipinski definition) is 6. The maximum absolute atomic E-state index is 13.4. The second-order valence-corrected chi connectivity index (χ2v) is 10.5. The van der Waals surface area contributed by atoms with Crippen LogP contribution in [0.2, 0.25) is 0 Å². The third-order valence-electron chi connectivity index (χ3n) is 6.80. The Hall–Kier alpha value is -4.11. The standard InChI is InChI=1S/C30H31N5O3S/c1-22-11-13-23(14-12-22)31-27(36)21-39-30-32-26-10-6-5-9-25(26)29(38)35(30)16-15-28(37)34-19-17-33(18-20-34)24-7-3-2-4-8-24/h2-14H,15-21H2,1H3,(H,31,36). The van der Waals surface area contributed by atoms with Gasteiger partial charge in [-0.05, 0) is 43.3 Å². The number of anilines is 2. The summed E-state index contributed by atoms with van der Waals surface area (Å²) in [5, 5.41) is 3.80. The molecular weight excluding hydrogens is 510 g/mol. The topological polar surface area (TPSA) is 87.5 Å². The number of nitrogens with zero attached hydrogens (tertiary/aromatic N) is 4. The third kappa shape index (κ3) is 6.49. The summed E-state index contributed by atoms with van der Waals surface area (Å²) in [6, 6.07) is 24.9. The number of nitrogens with one attached hydrogen (secondary N) is 1. The van der Waals surface area contributed by atoms with E-state index < -0.39 is 0 Å². The first-order chi connectivity index (χ1) is 19.0. The number of thioether (sulfide) groups is 1. The molecule has 0 atom stereocenters. The number of aryl methyl sites for hydroxylation is 1. The van der Waals surface area contributed by atoms with Crippen LogP contribution in [0.4, 0.5) is 11.4 Å². The van der Waals surface area contributed by atoms with Crippen LogP contribution >= 0.6 is 11.8 Å². The van der Waals surface area contributed by atoms with Gasteiger partial charge in [0.25, 0.3) is 5.56 Å². The molecule has 4 aromatic rings. The van der Waals surface area contributed by atoms with Gasteiger partial charge in [0.2, 0.25) is 11.8 Å². The lowest BCUT2D eigenvalue weighted by molar-refractivity contribution is -0.131. The van der Waals surface area contributed by atoms with Crippen molar-refractivity contribution in [3.63, 3.8) is 0 Å². The first-order valence-electron chi connectivity index (χ1n) is 13.0. The van der Waals surface area contributed by atoms with Crippen LogP contribution in [0.5, 0.6) is 0 Å². The molecule has 5 rings (SSSR count). The third-order valence-corrected chi connectivity index (χ3v) is 7.77. The maximum Gasteiger partial charge on any atom is 0.262 e. The second-order valence-electron chi connectivity index (χ2n) is 9.52. The molecule has 0 aliphatic carbocycles. The highest BCUT2D eigenvalue weighted by molar-refractivity contribution is 7.99. The summed E-state index contributed by atoms with van der Waals surface area (Å²) >= 11 is 1.20. The van der Waals surface area contributed by atoms with Crippen LogP contribution in [0, 0.1) is 6.92 Å². The van der Waals surface area contributed by atoms with Gasteiger partial charge in [0.15, 0.2) is 5.16 Å². The highest BCUT2D eigenvalue weighted by Crippen LogP contribution is 2.20. The number of carbonyl (C=O) groups is 2. The lowest BCUT2D eigenvalue weighted by Crippen LogP contribution is -2.49. The Bertz CT molecular complexity index is 1510. The zero-order valence-electron chi connectivity index (χ0n) is 21.9. The van der Waals surface area contributed by atoms with Crippen molar-refractivity contribution in [2.24, 2.45) is 0 Å². The molecule has 1 saturated heterocycles. The molecule has 39 heavy (non-hydrogen) atoms. The molecule has 0 radical (unpaired) electrons.